The van der Waals surface area contributed by atoms with Gasteiger partial charge in [0.2, 0.25) is 0 Å². The molecule has 4 nitrogen and oxygen atoms in total. The van der Waals surface area contributed by atoms with Gasteiger partial charge in [0.05, 0.1) is 15.7 Å². The molecule has 0 saturated carbocycles. The van der Waals surface area contributed by atoms with Gasteiger partial charge in [0.25, 0.3) is 0 Å². The minimum atomic E-state index is -0.417. The molecular weight excluding hydrogens is 335 g/mol. The van der Waals surface area contributed by atoms with Gasteiger partial charge in [-0.25, -0.2) is 4.79 Å². The zero-order chi connectivity index (χ0) is 16.4. The summed E-state index contributed by atoms with van der Waals surface area (Å²) in [7, 11) is 0. The van der Waals surface area contributed by atoms with Crippen LogP contribution in [-0.4, -0.2) is 11.1 Å². The number of nitrogens with one attached hydrogen (secondary N) is 2. The van der Waals surface area contributed by atoms with Crippen molar-refractivity contribution in [1.29, 1.82) is 0 Å². The fourth-order valence-corrected chi connectivity index (χ4v) is 2.56. The molecular formula is C17H12Cl2N2O2. The van der Waals surface area contributed by atoms with Crippen LogP contribution < -0.4 is 10.6 Å². The fraction of sp³-hybridized carbons (Fsp3) is 0. The molecule has 0 radical (unpaired) electrons. The van der Waals surface area contributed by atoms with E-state index in [9.17, 15) is 9.90 Å². The molecule has 0 saturated heterocycles. The molecule has 3 N–H and O–H groups in total. The van der Waals surface area contributed by atoms with Crippen LogP contribution in [0, 0.1) is 0 Å². The van der Waals surface area contributed by atoms with Crippen molar-refractivity contribution in [3.8, 4) is 5.75 Å². The van der Waals surface area contributed by atoms with Crippen LogP contribution in [0.2, 0.25) is 10.0 Å². The third-order valence-electron chi connectivity index (χ3n) is 3.32. The maximum atomic E-state index is 12.1. The Morgan fingerprint density at radius 3 is 2.39 bits per heavy atom. The lowest BCUT2D eigenvalue weighted by atomic mass is 10.1. The summed E-state index contributed by atoms with van der Waals surface area (Å²) in [4.78, 5) is 12.1. The summed E-state index contributed by atoms with van der Waals surface area (Å²) < 4.78 is 0. The molecule has 0 aliphatic heterocycles. The lowest BCUT2D eigenvalue weighted by Gasteiger charge is -2.11. The summed E-state index contributed by atoms with van der Waals surface area (Å²) in [6.45, 7) is 0. The van der Waals surface area contributed by atoms with Crippen LogP contribution in [0.15, 0.2) is 54.6 Å². The highest BCUT2D eigenvalue weighted by Crippen LogP contribution is 2.30. The van der Waals surface area contributed by atoms with Crippen molar-refractivity contribution in [3.63, 3.8) is 0 Å². The van der Waals surface area contributed by atoms with E-state index in [0.717, 1.165) is 5.39 Å². The van der Waals surface area contributed by atoms with Crippen molar-refractivity contribution >= 4 is 51.4 Å². The Morgan fingerprint density at radius 2 is 1.61 bits per heavy atom. The molecule has 0 aromatic heterocycles. The smallest absolute Gasteiger partial charge is 0.323 e. The standard InChI is InChI=1S/C17H12Cl2N2O2/c18-13-8-7-10(9-14(13)19)20-17(23)21-15-5-1-4-12-11(15)3-2-6-16(12)22/h1-9,22H,(H2,20,21,23). The number of fused-ring (bicyclic) bond motifs is 1. The van der Waals surface area contributed by atoms with Crippen LogP contribution in [0.1, 0.15) is 0 Å². The Hall–Kier alpha value is -2.43. The Bertz CT molecular complexity index is 897. The summed E-state index contributed by atoms with van der Waals surface area (Å²) in [5.41, 5.74) is 1.12. The number of phenolic OH excluding ortho intramolecular Hbond substituents is 1. The molecule has 3 aromatic carbocycles. The number of halogens is 2. The average molecular weight is 347 g/mol. The highest BCUT2D eigenvalue weighted by molar-refractivity contribution is 6.42. The zero-order valence-corrected chi connectivity index (χ0v) is 13.3. The maximum Gasteiger partial charge on any atom is 0.323 e. The third-order valence-corrected chi connectivity index (χ3v) is 4.06. The van der Waals surface area contributed by atoms with Gasteiger partial charge in [0, 0.05) is 16.5 Å². The first-order chi connectivity index (χ1) is 11.0. The van der Waals surface area contributed by atoms with Crippen molar-refractivity contribution < 1.29 is 9.90 Å². The largest absolute Gasteiger partial charge is 0.507 e. The van der Waals surface area contributed by atoms with E-state index in [1.54, 1.807) is 48.5 Å². The molecule has 0 aliphatic rings. The number of hydrogen-bond acceptors (Lipinski definition) is 2. The Labute approximate surface area is 142 Å². The molecule has 23 heavy (non-hydrogen) atoms. The molecule has 3 rings (SSSR count). The van der Waals surface area contributed by atoms with Crippen LogP contribution >= 0.6 is 23.2 Å². The monoisotopic (exact) mass is 346 g/mol. The predicted octanol–water partition coefficient (Wildman–Crippen LogP) is 5.50. The first-order valence-corrected chi connectivity index (χ1v) is 7.54. The van der Waals surface area contributed by atoms with Gasteiger partial charge in [-0.15, -0.1) is 0 Å². The van der Waals surface area contributed by atoms with Gasteiger partial charge in [-0.2, -0.15) is 0 Å². The average Bonchev–Trinajstić information content (AvgIpc) is 2.52. The van der Waals surface area contributed by atoms with Crippen LogP contribution in [0.5, 0.6) is 5.75 Å². The van der Waals surface area contributed by atoms with Gasteiger partial charge in [-0.05, 0) is 30.3 Å². The highest BCUT2D eigenvalue weighted by atomic mass is 35.5. The number of phenols is 1. The molecule has 0 aliphatic carbocycles. The van der Waals surface area contributed by atoms with E-state index in [1.165, 1.54) is 0 Å². The lowest BCUT2D eigenvalue weighted by molar-refractivity contribution is 0.262. The quantitative estimate of drug-likeness (QED) is 0.573. The molecule has 2 amide bonds. The van der Waals surface area contributed by atoms with Crippen LogP contribution in [0.4, 0.5) is 16.2 Å². The van der Waals surface area contributed by atoms with Gasteiger partial charge in [0.15, 0.2) is 0 Å². The topological polar surface area (TPSA) is 61.4 Å². The minimum absolute atomic E-state index is 0.163. The Balaban J connectivity index is 1.83. The SMILES string of the molecule is O=C(Nc1ccc(Cl)c(Cl)c1)Nc1cccc2c(O)cccc12. The number of carbonyl (C=O) groups is 1. The maximum absolute atomic E-state index is 12.1. The van der Waals surface area contributed by atoms with Crippen molar-refractivity contribution in [2.75, 3.05) is 10.6 Å². The lowest BCUT2D eigenvalue weighted by Crippen LogP contribution is -2.19. The predicted molar refractivity (Wildman–Crippen MR) is 94.7 cm³/mol. The Kier molecular flexibility index (Phi) is 4.28. The summed E-state index contributed by atoms with van der Waals surface area (Å²) >= 11 is 11.8. The third kappa shape index (κ3) is 3.33. The normalized spacial score (nSPS) is 10.5. The molecule has 0 unspecified atom stereocenters. The minimum Gasteiger partial charge on any atom is -0.507 e. The van der Waals surface area contributed by atoms with Gasteiger partial charge < -0.3 is 15.7 Å². The summed E-state index contributed by atoms with van der Waals surface area (Å²) in [6.07, 6.45) is 0. The summed E-state index contributed by atoms with van der Waals surface area (Å²) in [5, 5.41) is 17.5. The van der Waals surface area contributed by atoms with E-state index in [0.29, 0.717) is 26.8 Å². The molecule has 0 heterocycles. The van der Waals surface area contributed by atoms with Crippen LogP contribution in [0.25, 0.3) is 10.8 Å². The van der Waals surface area contributed by atoms with Crippen molar-refractivity contribution in [1.82, 2.24) is 0 Å². The van der Waals surface area contributed by atoms with Crippen molar-refractivity contribution in [3.05, 3.63) is 64.6 Å². The van der Waals surface area contributed by atoms with Crippen LogP contribution in [0.3, 0.4) is 0 Å². The van der Waals surface area contributed by atoms with E-state index in [4.69, 9.17) is 23.2 Å². The highest BCUT2D eigenvalue weighted by Gasteiger charge is 2.08. The summed E-state index contributed by atoms with van der Waals surface area (Å²) in [5.74, 6) is 0.163. The van der Waals surface area contributed by atoms with Gasteiger partial charge in [0.1, 0.15) is 5.75 Å². The molecule has 6 heteroatoms. The molecule has 116 valence electrons. The summed E-state index contributed by atoms with van der Waals surface area (Å²) in [6, 6.07) is 14.9. The molecule has 0 bridgehead atoms. The number of rotatable bonds is 2. The van der Waals surface area contributed by atoms with E-state index in [2.05, 4.69) is 10.6 Å². The second-order valence-electron chi connectivity index (χ2n) is 4.89. The van der Waals surface area contributed by atoms with E-state index < -0.39 is 6.03 Å². The number of benzene rings is 3. The second kappa shape index (κ2) is 6.36. The van der Waals surface area contributed by atoms with E-state index in [1.807, 2.05) is 6.07 Å². The molecule has 3 aromatic rings. The van der Waals surface area contributed by atoms with Gasteiger partial charge in [-0.3, -0.25) is 0 Å². The number of amides is 2. The molecule has 0 fully saturated rings. The first-order valence-electron chi connectivity index (χ1n) is 6.78. The van der Waals surface area contributed by atoms with Gasteiger partial charge >= 0.3 is 6.03 Å². The number of urea groups is 1. The van der Waals surface area contributed by atoms with Gasteiger partial charge in [-0.1, -0.05) is 47.5 Å². The zero-order valence-electron chi connectivity index (χ0n) is 11.8. The molecule has 0 spiro atoms. The first kappa shape index (κ1) is 15.5. The molecule has 0 atom stereocenters. The fourth-order valence-electron chi connectivity index (χ4n) is 2.26. The number of anilines is 2. The number of hydrogen-bond donors (Lipinski definition) is 3. The number of carbonyl (C=O) groups excluding carboxylic acids is 1. The van der Waals surface area contributed by atoms with E-state index in [-0.39, 0.29) is 5.75 Å². The van der Waals surface area contributed by atoms with E-state index >= 15 is 0 Å². The Morgan fingerprint density at radius 1 is 0.870 bits per heavy atom. The second-order valence-corrected chi connectivity index (χ2v) is 5.70. The number of aromatic hydroxyl groups is 1. The van der Waals surface area contributed by atoms with Crippen LogP contribution in [-0.2, 0) is 0 Å². The van der Waals surface area contributed by atoms with Crippen molar-refractivity contribution in [2.24, 2.45) is 0 Å². The van der Waals surface area contributed by atoms with Crippen molar-refractivity contribution in [2.45, 2.75) is 0 Å².